The number of carboxylic acid groups (broad SMARTS) is 1. The monoisotopic (exact) mass is 1080 g/mol. The second kappa shape index (κ2) is 27.8. The minimum absolute atomic E-state index is 0. The van der Waals surface area contributed by atoms with Gasteiger partial charge in [0.2, 0.25) is 0 Å². The quantitative estimate of drug-likeness (QED) is 0.0828. The molecule has 0 aromatic heterocycles. The molecule has 1 atom stereocenters. The fourth-order valence-corrected chi connectivity index (χ4v) is 17.6. The maximum absolute atomic E-state index is 9.34. The van der Waals surface area contributed by atoms with Crippen LogP contribution in [-0.4, -0.2) is 41.8 Å². The molecule has 63 heavy (non-hydrogen) atoms. The predicted octanol–water partition coefficient (Wildman–Crippen LogP) is 8.62. The van der Waals surface area contributed by atoms with E-state index in [-0.39, 0.29) is 54.1 Å². The normalized spacial score (nSPS) is 11.1. The molecule has 322 valence electrons. The molecular weight excluding hydrogens is 1030 g/mol. The average Bonchev–Trinajstić information content (AvgIpc) is 3.34. The molecule has 8 heteroatoms. The Hall–Kier alpha value is -4.35. The minimum atomic E-state index is -1.44. The molecule has 0 heterocycles. The number of carboxylic acids is 1. The van der Waals surface area contributed by atoms with Crippen LogP contribution in [0.2, 0.25) is 0 Å². The summed E-state index contributed by atoms with van der Waals surface area (Å²) in [6.07, 6.45) is 3.49. The zero-order valence-corrected chi connectivity index (χ0v) is 41.1. The molecule has 0 saturated heterocycles. The summed E-state index contributed by atoms with van der Waals surface area (Å²) in [5, 5.41) is 29.1. The number of aliphatic hydroxyl groups is 1. The van der Waals surface area contributed by atoms with Crippen LogP contribution in [0.4, 0.5) is 0 Å². The number of aliphatic carboxylic acids is 1. The molecule has 8 aromatic rings. The molecule has 1 N–H and O–H groups in total. The van der Waals surface area contributed by atoms with Gasteiger partial charge in [0, 0.05) is 0 Å². The van der Waals surface area contributed by atoms with E-state index in [1.54, 1.807) is 0 Å². The van der Waals surface area contributed by atoms with Crippen molar-refractivity contribution < 1.29 is 37.4 Å². The van der Waals surface area contributed by atoms with Crippen molar-refractivity contribution in [1.82, 2.24) is 0 Å². The Kier molecular flexibility index (Phi) is 21.9. The summed E-state index contributed by atoms with van der Waals surface area (Å²) in [5.41, 5.74) is 0. The molecule has 0 aliphatic rings. The van der Waals surface area contributed by atoms with Crippen LogP contribution in [0.1, 0.15) is 6.92 Å². The number of rotatable bonds is 15. The fourth-order valence-electron chi connectivity index (χ4n) is 6.89. The zero-order chi connectivity index (χ0) is 43.2. The first-order valence-electron chi connectivity index (χ1n) is 20.9. The topological polar surface area (TPSA) is 60.4 Å². The van der Waals surface area contributed by atoms with Crippen LogP contribution >= 0.6 is 31.7 Å². The third kappa shape index (κ3) is 16.0. The maximum Gasteiger partial charge on any atom is 1.00 e. The van der Waals surface area contributed by atoms with Gasteiger partial charge in [-0.25, -0.2) is 0 Å². The van der Waals surface area contributed by atoms with Crippen LogP contribution in [0.5, 0.6) is 0 Å². The molecule has 0 saturated carbocycles. The minimum Gasteiger partial charge on any atom is -0.547 e. The molecule has 0 spiro atoms. The third-order valence-electron chi connectivity index (χ3n) is 9.98. The van der Waals surface area contributed by atoms with Crippen molar-refractivity contribution in [1.29, 1.82) is 0 Å². The van der Waals surface area contributed by atoms with Crippen molar-refractivity contribution >= 4 is 80.1 Å². The van der Waals surface area contributed by atoms with Gasteiger partial charge >= 0.3 is 22.4 Å². The van der Waals surface area contributed by atoms with Crippen LogP contribution in [0, 0.1) is 0 Å². The first kappa shape index (κ1) is 49.7. The molecule has 3 nitrogen and oxygen atoms in total. The standard InChI is InChI=1S/2C26H24P2.C3H6O3.Au/c2*1-5-13-23(14-6-1)27(24-15-7-2-8-16-24)21-22-28(25-17-9-3-10-18-25)26-19-11-4-12-20-26;1-2(4)3(5)6;/h2*1-20H,21-22H2;2,4H,1H3,(H,5,6);/q;;;+1/p-1. The number of aliphatic hydroxyl groups excluding tert-OH is 1. The molecular formula is C55H53AuO3P4. The van der Waals surface area contributed by atoms with Crippen LogP contribution in [0.15, 0.2) is 243 Å². The van der Waals surface area contributed by atoms with E-state index in [1.807, 2.05) is 0 Å². The summed E-state index contributed by atoms with van der Waals surface area (Å²) in [7, 11) is -1.39. The number of hydrogen-bond acceptors (Lipinski definition) is 3. The SMILES string of the molecule is CC(O)C(=O)[O-].[Au+].c1ccc(P(CCP(c2ccccc2)c2ccccc2)c2ccccc2)cc1.c1ccc(P(CCP(c2ccccc2)c2ccccc2)c2ccccc2)cc1. The number of carbonyl (C=O) groups is 1. The Bertz CT molecular complexity index is 1930. The number of benzene rings is 8. The van der Waals surface area contributed by atoms with Crippen molar-refractivity contribution in [3.8, 4) is 0 Å². The second-order valence-corrected chi connectivity index (χ2v) is 23.6. The van der Waals surface area contributed by atoms with Crippen molar-refractivity contribution in [2.45, 2.75) is 13.0 Å². The third-order valence-corrected chi connectivity index (χ3v) is 20.7. The van der Waals surface area contributed by atoms with Gasteiger partial charge in [0.05, 0.1) is 12.1 Å². The number of carbonyl (C=O) groups excluding carboxylic acids is 1. The summed E-state index contributed by atoms with van der Waals surface area (Å²) in [6.45, 7) is 1.13. The molecule has 0 amide bonds. The largest absolute Gasteiger partial charge is 1.00 e. The van der Waals surface area contributed by atoms with Crippen molar-refractivity contribution in [2.24, 2.45) is 0 Å². The zero-order valence-electron chi connectivity index (χ0n) is 35.4. The predicted molar refractivity (Wildman–Crippen MR) is 272 cm³/mol. The Morgan fingerprint density at radius 3 is 0.556 bits per heavy atom. The van der Waals surface area contributed by atoms with Gasteiger partial charge in [-0.1, -0.05) is 243 Å². The molecule has 0 radical (unpaired) electrons. The van der Waals surface area contributed by atoms with Gasteiger partial charge in [0.25, 0.3) is 0 Å². The smallest absolute Gasteiger partial charge is 0.547 e. The van der Waals surface area contributed by atoms with Crippen LogP contribution in [-0.2, 0) is 27.2 Å². The van der Waals surface area contributed by atoms with Gasteiger partial charge in [-0.15, -0.1) is 0 Å². The van der Waals surface area contributed by atoms with Gasteiger partial charge in [0.15, 0.2) is 0 Å². The fraction of sp³-hybridized carbons (Fsp3) is 0.109. The molecule has 0 fully saturated rings. The summed E-state index contributed by atoms with van der Waals surface area (Å²) >= 11 is 0. The van der Waals surface area contributed by atoms with Gasteiger partial charge in [0.1, 0.15) is 0 Å². The Balaban J connectivity index is 0.000000208. The van der Waals surface area contributed by atoms with Gasteiger partial charge < -0.3 is 15.0 Å². The van der Waals surface area contributed by atoms with Crippen LogP contribution in [0.25, 0.3) is 0 Å². The van der Waals surface area contributed by atoms with E-state index in [4.69, 9.17) is 5.11 Å². The molecule has 0 bridgehead atoms. The summed E-state index contributed by atoms with van der Waals surface area (Å²) in [6, 6.07) is 88.4. The van der Waals surface area contributed by atoms with Gasteiger partial charge in [-0.2, -0.15) is 0 Å². The molecule has 0 aliphatic carbocycles. The Morgan fingerprint density at radius 1 is 0.349 bits per heavy atom. The van der Waals surface area contributed by atoms with Crippen molar-refractivity contribution in [2.75, 3.05) is 24.6 Å². The summed E-state index contributed by atoms with van der Waals surface area (Å²) in [4.78, 5) is 9.34. The van der Waals surface area contributed by atoms with E-state index < -0.39 is 12.1 Å². The first-order chi connectivity index (χ1) is 30.5. The van der Waals surface area contributed by atoms with E-state index in [0.717, 1.165) is 6.92 Å². The van der Waals surface area contributed by atoms with E-state index >= 15 is 0 Å². The molecule has 8 rings (SSSR count). The van der Waals surface area contributed by atoms with E-state index in [0.29, 0.717) is 0 Å². The summed E-state index contributed by atoms with van der Waals surface area (Å²) < 4.78 is 0. The van der Waals surface area contributed by atoms with Crippen LogP contribution < -0.4 is 47.5 Å². The number of hydrogen-bond donors (Lipinski definition) is 1. The molecule has 1 unspecified atom stereocenters. The van der Waals surface area contributed by atoms with Crippen LogP contribution in [0.3, 0.4) is 0 Å². The van der Waals surface area contributed by atoms with E-state index in [2.05, 4.69) is 243 Å². The first-order valence-corrected chi connectivity index (χ1v) is 27.0. The average molecular weight is 1080 g/mol. The maximum atomic E-state index is 9.34. The molecule has 0 aliphatic heterocycles. The van der Waals surface area contributed by atoms with E-state index in [9.17, 15) is 9.90 Å². The Labute approximate surface area is 395 Å². The van der Waals surface area contributed by atoms with Crippen molar-refractivity contribution in [3.05, 3.63) is 243 Å². The van der Waals surface area contributed by atoms with Gasteiger partial charge in [-0.3, -0.25) is 0 Å². The Morgan fingerprint density at radius 2 is 0.460 bits per heavy atom. The van der Waals surface area contributed by atoms with E-state index in [1.165, 1.54) is 67.1 Å². The molecule has 8 aromatic carbocycles. The van der Waals surface area contributed by atoms with Crippen molar-refractivity contribution in [3.63, 3.8) is 0 Å². The van der Waals surface area contributed by atoms with Gasteiger partial charge in [-0.05, 0) is 106 Å². The summed E-state index contributed by atoms with van der Waals surface area (Å²) in [5.74, 6) is -1.44. The second-order valence-electron chi connectivity index (χ2n) is 14.3.